The lowest BCUT2D eigenvalue weighted by molar-refractivity contribution is -0.138. The average Bonchev–Trinajstić information content (AvgIpc) is 3.56. The maximum Gasteiger partial charge on any atom is 0.343 e. The first kappa shape index (κ1) is 36.7. The molecule has 0 unspecified atom stereocenters. The van der Waals surface area contributed by atoms with Crippen molar-refractivity contribution < 1.29 is 58.0 Å². The van der Waals surface area contributed by atoms with Gasteiger partial charge in [0.25, 0.3) is 23.6 Å². The van der Waals surface area contributed by atoms with Gasteiger partial charge in [-0.2, -0.15) is 0 Å². The van der Waals surface area contributed by atoms with E-state index in [1.54, 1.807) is 24.3 Å². The molecular weight excluding hydrogens is 748 g/mol. The smallest absolute Gasteiger partial charge is 0.343 e. The molecule has 6 aliphatic rings. The van der Waals surface area contributed by atoms with Crippen LogP contribution >= 0.6 is 0 Å². The molecule has 4 aromatic rings. The minimum Gasteiger partial charge on any atom is -0.480 e. The van der Waals surface area contributed by atoms with E-state index in [0.29, 0.717) is 33.1 Å². The molecule has 4 bridgehead atoms. The van der Waals surface area contributed by atoms with Crippen molar-refractivity contribution in [3.8, 4) is 11.5 Å². The predicted molar refractivity (Wildman–Crippen MR) is 200 cm³/mol. The summed E-state index contributed by atoms with van der Waals surface area (Å²) in [5, 5.41) is 18.2. The van der Waals surface area contributed by atoms with E-state index in [9.17, 15) is 38.4 Å². The van der Waals surface area contributed by atoms with Crippen LogP contribution in [-0.2, 0) is 20.4 Å². The summed E-state index contributed by atoms with van der Waals surface area (Å²) in [6, 6.07) is 23.0. The number of hydrogen-bond donors (Lipinski definition) is 2. The third-order valence-corrected chi connectivity index (χ3v) is 12.4. The van der Waals surface area contributed by atoms with E-state index in [4.69, 9.17) is 19.7 Å². The molecule has 2 heterocycles. The van der Waals surface area contributed by atoms with Crippen molar-refractivity contribution in [2.75, 3.05) is 13.1 Å². The first-order chi connectivity index (χ1) is 27.7. The Morgan fingerprint density at radius 2 is 0.897 bits per heavy atom. The number of ether oxygens (including phenoxy) is 2. The SMILES string of the molecule is O=C(O)CN1C(=O)c2ccc(C(=O)Oc3ccc(C45CC6CC(C4)CC(c4ccc(OC(=O)c7ccc8c(c7)C(=O)N(CC(=O)O)C8=O)cc4)(C6)C5)cc3)cc2C1=O. The Kier molecular flexibility index (Phi) is 8.42. The lowest BCUT2D eigenvalue weighted by Crippen LogP contribution is -2.55. The second-order valence-corrected chi connectivity index (χ2v) is 16.1. The second-order valence-electron chi connectivity index (χ2n) is 16.1. The van der Waals surface area contributed by atoms with E-state index in [0.717, 1.165) is 43.2 Å². The van der Waals surface area contributed by atoms with Gasteiger partial charge in [0.1, 0.15) is 24.6 Å². The Morgan fingerprint density at radius 1 is 0.534 bits per heavy atom. The number of carboxylic acids is 2. The summed E-state index contributed by atoms with van der Waals surface area (Å²) in [4.78, 5) is 100. The molecule has 4 aliphatic carbocycles. The van der Waals surface area contributed by atoms with Crippen LogP contribution in [0.1, 0.15) is 112 Å². The number of hydrogen-bond acceptors (Lipinski definition) is 10. The Morgan fingerprint density at radius 3 is 1.26 bits per heavy atom. The zero-order valence-electron chi connectivity index (χ0n) is 30.8. The number of rotatable bonds is 10. The lowest BCUT2D eigenvalue weighted by Gasteiger charge is -2.62. The van der Waals surface area contributed by atoms with E-state index in [1.807, 2.05) is 24.3 Å². The van der Waals surface area contributed by atoms with Gasteiger partial charge in [-0.1, -0.05) is 24.3 Å². The number of amides is 4. The van der Waals surface area contributed by atoms with E-state index < -0.39 is 60.6 Å². The number of carbonyl (C=O) groups excluding carboxylic acids is 6. The molecule has 2 aliphatic heterocycles. The molecule has 10 rings (SSSR count). The van der Waals surface area contributed by atoms with E-state index in [2.05, 4.69) is 0 Å². The maximum absolute atomic E-state index is 13.1. The molecule has 14 heteroatoms. The van der Waals surface area contributed by atoms with Crippen LogP contribution in [0.4, 0.5) is 0 Å². The summed E-state index contributed by atoms with van der Waals surface area (Å²) in [5.41, 5.74) is 2.21. The zero-order chi connectivity index (χ0) is 40.7. The Hall–Kier alpha value is -6.96. The van der Waals surface area contributed by atoms with Crippen LogP contribution in [0.15, 0.2) is 84.9 Å². The summed E-state index contributed by atoms with van der Waals surface area (Å²) in [6.45, 7) is -1.55. The topological polar surface area (TPSA) is 202 Å². The minimum absolute atomic E-state index is 0.0282. The van der Waals surface area contributed by atoms with Gasteiger partial charge in [0.05, 0.1) is 33.4 Å². The van der Waals surface area contributed by atoms with Crippen molar-refractivity contribution in [3.05, 3.63) is 129 Å². The number of carbonyl (C=O) groups is 8. The van der Waals surface area contributed by atoms with E-state index in [1.165, 1.54) is 42.8 Å². The largest absolute Gasteiger partial charge is 0.480 e. The summed E-state index contributed by atoms with van der Waals surface area (Å²) >= 11 is 0. The summed E-state index contributed by atoms with van der Waals surface area (Å²) in [7, 11) is 0. The zero-order valence-corrected chi connectivity index (χ0v) is 30.8. The van der Waals surface area contributed by atoms with Gasteiger partial charge >= 0.3 is 23.9 Å². The van der Waals surface area contributed by atoms with Gasteiger partial charge in [-0.3, -0.25) is 38.6 Å². The van der Waals surface area contributed by atoms with Crippen LogP contribution < -0.4 is 9.47 Å². The van der Waals surface area contributed by atoms with Gasteiger partial charge in [-0.15, -0.1) is 0 Å². The van der Waals surface area contributed by atoms with Gasteiger partial charge in [-0.05, 0) is 133 Å². The molecule has 2 N–H and O–H groups in total. The molecule has 4 aromatic carbocycles. The first-order valence-electron chi connectivity index (χ1n) is 18.8. The molecule has 0 spiro atoms. The number of nitrogens with zero attached hydrogens (tertiary/aromatic N) is 2. The van der Waals surface area contributed by atoms with Crippen LogP contribution in [-0.4, -0.2) is 80.6 Å². The third-order valence-electron chi connectivity index (χ3n) is 12.4. The fraction of sp³-hybridized carbons (Fsp3) is 0.273. The Bertz CT molecular complexity index is 2340. The van der Waals surface area contributed by atoms with Crippen molar-refractivity contribution in [1.82, 2.24) is 9.80 Å². The van der Waals surface area contributed by atoms with Gasteiger partial charge < -0.3 is 19.7 Å². The standard InChI is InChI=1S/C44H34N2O12/c47-35(48)20-45-37(51)31-11-1-25(14-33(31)39(45)53)41(55)57-29-7-3-27(4-8-29)43-16-23-13-24(17-43)19-44(18-23,22-43)28-5-9-30(10-6-28)58-42(56)26-2-12-32-34(15-26)40(54)46(38(32)52)21-36(49)50/h1-12,14-15,23-24H,13,16-22H2,(H,47,48)(H,49,50). The average molecular weight is 783 g/mol. The molecule has 0 saturated heterocycles. The van der Waals surface area contributed by atoms with Gasteiger partial charge in [0.2, 0.25) is 0 Å². The highest BCUT2D eigenvalue weighted by Gasteiger charge is 2.58. The van der Waals surface area contributed by atoms with Crippen LogP contribution in [0.25, 0.3) is 0 Å². The van der Waals surface area contributed by atoms with Crippen LogP contribution in [0.5, 0.6) is 11.5 Å². The molecule has 0 aromatic heterocycles. The fourth-order valence-electron chi connectivity index (χ4n) is 10.4. The molecule has 4 amide bonds. The molecule has 292 valence electrons. The molecule has 4 fully saturated rings. The molecule has 0 atom stereocenters. The number of imide groups is 2. The number of carboxylic acid groups (broad SMARTS) is 2. The quantitative estimate of drug-likeness (QED) is 0.120. The number of fused-ring (bicyclic) bond motifs is 2. The van der Waals surface area contributed by atoms with Crippen molar-refractivity contribution in [2.24, 2.45) is 11.8 Å². The molecule has 4 saturated carbocycles. The van der Waals surface area contributed by atoms with Crippen LogP contribution in [0.3, 0.4) is 0 Å². The molecule has 14 nitrogen and oxygen atoms in total. The van der Waals surface area contributed by atoms with E-state index in [-0.39, 0.29) is 44.2 Å². The predicted octanol–water partition coefficient (Wildman–Crippen LogP) is 5.28. The number of esters is 2. The van der Waals surface area contributed by atoms with Crippen molar-refractivity contribution in [2.45, 2.75) is 49.4 Å². The third kappa shape index (κ3) is 6.03. The summed E-state index contributed by atoms with van der Waals surface area (Å²) in [6.07, 6.45) is 6.27. The fourth-order valence-corrected chi connectivity index (χ4v) is 10.4. The highest BCUT2D eigenvalue weighted by molar-refractivity contribution is 6.23. The van der Waals surface area contributed by atoms with Crippen LogP contribution in [0.2, 0.25) is 0 Å². The van der Waals surface area contributed by atoms with E-state index >= 15 is 0 Å². The Labute approximate surface area is 329 Å². The normalized spacial score (nSPS) is 23.9. The lowest BCUT2D eigenvalue weighted by atomic mass is 9.42. The first-order valence-corrected chi connectivity index (χ1v) is 18.8. The maximum atomic E-state index is 13.1. The van der Waals surface area contributed by atoms with Crippen molar-refractivity contribution >= 4 is 47.5 Å². The Balaban J connectivity index is 0.881. The van der Waals surface area contributed by atoms with Gasteiger partial charge in [-0.25, -0.2) is 9.59 Å². The summed E-state index contributed by atoms with van der Waals surface area (Å²) < 4.78 is 11.3. The molecule has 58 heavy (non-hydrogen) atoms. The highest BCUT2D eigenvalue weighted by atomic mass is 16.5. The number of benzene rings is 4. The van der Waals surface area contributed by atoms with Crippen molar-refractivity contribution in [3.63, 3.8) is 0 Å². The monoisotopic (exact) mass is 782 g/mol. The van der Waals surface area contributed by atoms with Gasteiger partial charge in [0.15, 0.2) is 0 Å². The minimum atomic E-state index is -1.33. The second kappa shape index (κ2) is 13.3. The molecular formula is C44H34N2O12. The van der Waals surface area contributed by atoms with Gasteiger partial charge in [0, 0.05) is 0 Å². The van der Waals surface area contributed by atoms with Crippen molar-refractivity contribution in [1.29, 1.82) is 0 Å². The highest BCUT2D eigenvalue weighted by Crippen LogP contribution is 2.66. The number of aliphatic carboxylic acids is 2. The van der Waals surface area contributed by atoms with Crippen LogP contribution in [0, 0.1) is 11.8 Å². The molecule has 0 radical (unpaired) electrons. The summed E-state index contributed by atoms with van der Waals surface area (Å²) in [5.74, 6) is -5.46.